The summed E-state index contributed by atoms with van der Waals surface area (Å²) in [6.45, 7) is 1.26. The highest BCUT2D eigenvalue weighted by Gasteiger charge is 2.38. The van der Waals surface area contributed by atoms with Crippen molar-refractivity contribution in [2.75, 3.05) is 6.54 Å². The maximum atomic E-state index is 3.54. The van der Waals surface area contributed by atoms with Gasteiger partial charge in [-0.25, -0.2) is 0 Å². The topological polar surface area (TPSA) is 12.0 Å². The minimum Gasteiger partial charge on any atom is -0.311 e. The molecule has 1 heterocycles. The maximum Gasteiger partial charge on any atom is 0.0187 e. The van der Waals surface area contributed by atoms with Gasteiger partial charge in [-0.1, -0.05) is 0 Å². The van der Waals surface area contributed by atoms with E-state index >= 15 is 0 Å². The second-order valence-electron chi connectivity index (χ2n) is 3.01. The molecule has 0 aromatic carbocycles. The second-order valence-corrected chi connectivity index (χ2v) is 3.01. The Kier molecular flexibility index (Phi) is 0.884. The lowest BCUT2D eigenvalue weighted by Gasteiger charge is -2.38. The van der Waals surface area contributed by atoms with Crippen molar-refractivity contribution in [1.82, 2.24) is 5.32 Å². The zero-order valence-corrected chi connectivity index (χ0v) is 5.11. The average Bonchev–Trinajstić information content (AvgIpc) is 2.07. The second kappa shape index (κ2) is 1.47. The van der Waals surface area contributed by atoms with E-state index < -0.39 is 0 Å². The molecule has 1 spiro atoms. The van der Waals surface area contributed by atoms with E-state index in [0.717, 1.165) is 0 Å². The summed E-state index contributed by atoms with van der Waals surface area (Å²) in [6, 6.07) is 0. The van der Waals surface area contributed by atoms with Crippen LogP contribution in [-0.2, 0) is 0 Å². The molecule has 1 N–H and O–H groups in total. The van der Waals surface area contributed by atoms with Crippen LogP contribution in [0.2, 0.25) is 0 Å². The summed E-state index contributed by atoms with van der Waals surface area (Å²) >= 11 is 0. The lowest BCUT2D eigenvalue weighted by atomic mass is 9.76. The first-order valence-electron chi connectivity index (χ1n) is 3.48. The molecule has 1 heteroatoms. The van der Waals surface area contributed by atoms with Crippen LogP contribution in [0.3, 0.4) is 0 Å². The van der Waals surface area contributed by atoms with E-state index in [1.165, 1.54) is 32.2 Å². The first-order valence-corrected chi connectivity index (χ1v) is 3.48. The van der Waals surface area contributed by atoms with Crippen molar-refractivity contribution in [2.24, 2.45) is 0 Å². The summed E-state index contributed by atoms with van der Waals surface area (Å²) in [7, 11) is 0. The van der Waals surface area contributed by atoms with Crippen LogP contribution in [0.5, 0.6) is 0 Å². The van der Waals surface area contributed by atoms with Crippen LogP contribution in [0.4, 0.5) is 0 Å². The summed E-state index contributed by atoms with van der Waals surface area (Å²) in [5.41, 5.74) is 0.611. The van der Waals surface area contributed by atoms with Gasteiger partial charge in [0.2, 0.25) is 0 Å². The third-order valence-corrected chi connectivity index (χ3v) is 2.40. The molecule has 0 unspecified atom stereocenters. The summed E-state index contributed by atoms with van der Waals surface area (Å²) in [4.78, 5) is 0. The van der Waals surface area contributed by atoms with Gasteiger partial charge in [0.25, 0.3) is 0 Å². The van der Waals surface area contributed by atoms with Gasteiger partial charge in [-0.3, -0.25) is 0 Å². The predicted octanol–water partition coefficient (Wildman–Crippen LogP) is 1.11. The van der Waals surface area contributed by atoms with Gasteiger partial charge in [-0.05, 0) is 38.6 Å². The van der Waals surface area contributed by atoms with Crippen LogP contribution < -0.4 is 5.32 Å². The third-order valence-electron chi connectivity index (χ3n) is 2.40. The van der Waals surface area contributed by atoms with Crippen molar-refractivity contribution in [3.63, 3.8) is 0 Å². The van der Waals surface area contributed by atoms with Crippen LogP contribution in [0.1, 0.15) is 25.7 Å². The van der Waals surface area contributed by atoms with Gasteiger partial charge >= 0.3 is 0 Å². The fourth-order valence-corrected chi connectivity index (χ4v) is 1.71. The number of hydrogen-bond acceptors (Lipinski definition) is 1. The molecular weight excluding hydrogens is 98.1 g/mol. The molecule has 2 fully saturated rings. The summed E-state index contributed by atoms with van der Waals surface area (Å²) in [6.07, 6.45) is 7.84. The smallest absolute Gasteiger partial charge is 0.0187 e. The highest BCUT2D eigenvalue weighted by atomic mass is 15.0. The van der Waals surface area contributed by atoms with Crippen LogP contribution in [0.15, 0.2) is 0 Å². The molecule has 0 aromatic heterocycles. The molecule has 1 radical (unpaired) electrons. The lowest BCUT2D eigenvalue weighted by molar-refractivity contribution is 0.286. The summed E-state index contributed by atoms with van der Waals surface area (Å²) < 4.78 is 0. The quantitative estimate of drug-likeness (QED) is 0.492. The standard InChI is InChI=1S/C7H12N/c1-3-7(4-1)5-2-6-8-7/h1,8H,2-6H2. The highest BCUT2D eigenvalue weighted by Crippen LogP contribution is 2.37. The molecule has 0 bridgehead atoms. The van der Waals surface area contributed by atoms with E-state index in [1.807, 2.05) is 0 Å². The number of rotatable bonds is 0. The van der Waals surface area contributed by atoms with Gasteiger partial charge in [0.15, 0.2) is 0 Å². The SMILES string of the molecule is [CH]1CC2(C1)CCCN2. The lowest BCUT2D eigenvalue weighted by Crippen LogP contribution is -2.46. The van der Waals surface area contributed by atoms with Crippen molar-refractivity contribution in [3.8, 4) is 0 Å². The molecular formula is C7H12N. The van der Waals surface area contributed by atoms with E-state index in [4.69, 9.17) is 0 Å². The Morgan fingerprint density at radius 2 is 2.25 bits per heavy atom. The molecule has 2 aliphatic rings. The molecule has 0 aromatic rings. The van der Waals surface area contributed by atoms with E-state index in [0.29, 0.717) is 5.54 Å². The van der Waals surface area contributed by atoms with Gasteiger partial charge in [0.1, 0.15) is 0 Å². The van der Waals surface area contributed by atoms with Gasteiger partial charge in [0, 0.05) is 5.54 Å². The number of hydrogen-bond donors (Lipinski definition) is 1. The molecule has 8 heavy (non-hydrogen) atoms. The van der Waals surface area contributed by atoms with Crippen molar-refractivity contribution in [3.05, 3.63) is 6.42 Å². The van der Waals surface area contributed by atoms with Crippen LogP contribution in [0.25, 0.3) is 0 Å². The molecule has 1 aliphatic heterocycles. The molecule has 0 atom stereocenters. The van der Waals surface area contributed by atoms with Gasteiger partial charge in [0.05, 0.1) is 0 Å². The molecule has 1 saturated heterocycles. The van der Waals surface area contributed by atoms with E-state index in [9.17, 15) is 0 Å². The molecule has 45 valence electrons. The number of nitrogens with one attached hydrogen (secondary N) is 1. The fourth-order valence-electron chi connectivity index (χ4n) is 1.71. The van der Waals surface area contributed by atoms with Gasteiger partial charge in [-0.2, -0.15) is 0 Å². The predicted molar refractivity (Wildman–Crippen MR) is 33.5 cm³/mol. The Morgan fingerprint density at radius 1 is 1.38 bits per heavy atom. The normalized spacial score (nSPS) is 33.0. The molecule has 1 aliphatic carbocycles. The largest absolute Gasteiger partial charge is 0.311 e. The first kappa shape index (κ1) is 4.80. The molecule has 0 amide bonds. The Bertz CT molecular complexity index is 86.6. The Hall–Kier alpha value is -0.0400. The fraction of sp³-hybridized carbons (Fsp3) is 0.857. The van der Waals surface area contributed by atoms with E-state index in [2.05, 4.69) is 11.7 Å². The van der Waals surface area contributed by atoms with Crippen LogP contribution in [0, 0.1) is 6.42 Å². The monoisotopic (exact) mass is 110 g/mol. The maximum absolute atomic E-state index is 3.54. The average molecular weight is 110 g/mol. The minimum absolute atomic E-state index is 0.611. The first-order chi connectivity index (χ1) is 3.91. The third kappa shape index (κ3) is 0.510. The van der Waals surface area contributed by atoms with Crippen LogP contribution >= 0.6 is 0 Å². The summed E-state index contributed by atoms with van der Waals surface area (Å²) in [5, 5.41) is 3.54. The van der Waals surface area contributed by atoms with Crippen LogP contribution in [-0.4, -0.2) is 12.1 Å². The van der Waals surface area contributed by atoms with Crippen molar-refractivity contribution < 1.29 is 0 Å². The van der Waals surface area contributed by atoms with Gasteiger partial charge in [-0.15, -0.1) is 0 Å². The Balaban J connectivity index is 2.01. The van der Waals surface area contributed by atoms with Crippen molar-refractivity contribution in [2.45, 2.75) is 31.2 Å². The van der Waals surface area contributed by atoms with E-state index in [-0.39, 0.29) is 0 Å². The van der Waals surface area contributed by atoms with Crippen molar-refractivity contribution >= 4 is 0 Å². The zero-order valence-electron chi connectivity index (χ0n) is 5.11. The zero-order chi connectivity index (χ0) is 5.45. The molecule has 2 rings (SSSR count). The molecule has 1 saturated carbocycles. The Labute approximate surface area is 50.5 Å². The minimum atomic E-state index is 0.611. The molecule has 1 nitrogen and oxygen atoms in total. The highest BCUT2D eigenvalue weighted by molar-refractivity contribution is 5.08. The summed E-state index contributed by atoms with van der Waals surface area (Å²) in [5.74, 6) is 0. The van der Waals surface area contributed by atoms with Crippen molar-refractivity contribution in [1.29, 1.82) is 0 Å². The van der Waals surface area contributed by atoms with E-state index in [1.54, 1.807) is 0 Å². The Morgan fingerprint density at radius 3 is 2.50 bits per heavy atom. The van der Waals surface area contributed by atoms with Gasteiger partial charge < -0.3 is 5.32 Å².